The van der Waals surface area contributed by atoms with E-state index >= 15 is 0 Å². The number of H-pyrrole nitrogens is 1. The van der Waals surface area contributed by atoms with Gasteiger partial charge in [0, 0.05) is 12.8 Å². The molecule has 0 fully saturated rings. The van der Waals surface area contributed by atoms with E-state index in [1.54, 1.807) is 11.6 Å². The normalized spacial score (nSPS) is 12.6. The lowest BCUT2D eigenvalue weighted by molar-refractivity contribution is 0.0910. The number of imidazole rings is 1. The van der Waals surface area contributed by atoms with E-state index in [-0.39, 0.29) is 18.7 Å². The highest BCUT2D eigenvalue weighted by atomic mass is 32.2. The van der Waals surface area contributed by atoms with Crippen LogP contribution in [0.1, 0.15) is 19.4 Å². The van der Waals surface area contributed by atoms with Crippen molar-refractivity contribution in [3.05, 3.63) is 50.7 Å². The minimum absolute atomic E-state index is 0.0719. The molecule has 9 heteroatoms. The molecule has 2 heterocycles. The van der Waals surface area contributed by atoms with Crippen LogP contribution in [-0.2, 0) is 13.6 Å². The lowest BCUT2D eigenvalue weighted by Crippen LogP contribution is -2.30. The number of aliphatic hydroxyl groups is 1. The molecule has 2 N–H and O–H groups in total. The number of aliphatic hydroxyl groups excluding tert-OH is 1. The number of benzene rings is 1. The molecular weight excluding hydrogens is 392 g/mol. The number of para-hydroxylation sites is 1. The molecule has 29 heavy (non-hydrogen) atoms. The van der Waals surface area contributed by atoms with E-state index in [1.165, 1.54) is 16.3 Å². The first-order valence-corrected chi connectivity index (χ1v) is 10.4. The molecule has 1 aromatic carbocycles. The smallest absolute Gasteiger partial charge is 0.329 e. The van der Waals surface area contributed by atoms with Gasteiger partial charge < -0.3 is 14.4 Å². The van der Waals surface area contributed by atoms with E-state index in [0.29, 0.717) is 22.5 Å². The Labute approximate surface area is 172 Å². The van der Waals surface area contributed by atoms with Gasteiger partial charge in [-0.25, -0.2) is 9.78 Å². The topological polar surface area (TPSA) is 102 Å². The van der Waals surface area contributed by atoms with Crippen LogP contribution in [0.25, 0.3) is 11.2 Å². The van der Waals surface area contributed by atoms with Crippen LogP contribution in [0, 0.1) is 12.8 Å². The molecule has 0 amide bonds. The summed E-state index contributed by atoms with van der Waals surface area (Å²) in [5.74, 6) is 1.92. The first kappa shape index (κ1) is 21.2. The van der Waals surface area contributed by atoms with Crippen molar-refractivity contribution in [3.63, 3.8) is 0 Å². The third-order valence-electron chi connectivity index (χ3n) is 4.44. The molecule has 0 bridgehead atoms. The van der Waals surface area contributed by atoms with Gasteiger partial charge in [0.15, 0.2) is 16.3 Å². The van der Waals surface area contributed by atoms with Crippen molar-refractivity contribution in [2.75, 3.05) is 12.4 Å². The summed E-state index contributed by atoms with van der Waals surface area (Å²) in [6, 6.07) is 7.58. The zero-order valence-electron chi connectivity index (χ0n) is 17.0. The van der Waals surface area contributed by atoms with Gasteiger partial charge in [0.2, 0.25) is 0 Å². The Morgan fingerprint density at radius 1 is 1.28 bits per heavy atom. The number of thioether (sulfide) groups is 1. The molecule has 0 saturated carbocycles. The molecule has 2 aromatic heterocycles. The summed E-state index contributed by atoms with van der Waals surface area (Å²) in [4.78, 5) is 31.2. The van der Waals surface area contributed by atoms with Crippen LogP contribution in [0.15, 0.2) is 39.0 Å². The number of fused-ring (bicyclic) bond motifs is 1. The second kappa shape index (κ2) is 8.87. The van der Waals surface area contributed by atoms with Crippen LogP contribution < -0.4 is 16.0 Å². The quantitative estimate of drug-likeness (QED) is 0.542. The summed E-state index contributed by atoms with van der Waals surface area (Å²) < 4.78 is 8.72. The van der Waals surface area contributed by atoms with Gasteiger partial charge in [-0.1, -0.05) is 43.8 Å². The SMILES string of the molecule is Cc1ccccc1OCC(O)Cn1c(SCC(C)C)nc2c1c(=O)[nH]c(=O)n2C. The minimum atomic E-state index is -0.859. The first-order valence-electron chi connectivity index (χ1n) is 9.46. The zero-order chi connectivity index (χ0) is 21.1. The van der Waals surface area contributed by atoms with Crippen molar-refractivity contribution >= 4 is 22.9 Å². The van der Waals surface area contributed by atoms with E-state index in [1.807, 2.05) is 31.2 Å². The Bertz CT molecular complexity index is 1120. The van der Waals surface area contributed by atoms with Crippen molar-refractivity contribution in [1.82, 2.24) is 19.1 Å². The van der Waals surface area contributed by atoms with Crippen LogP contribution in [-0.4, -0.2) is 42.7 Å². The van der Waals surface area contributed by atoms with Gasteiger partial charge in [-0.3, -0.25) is 14.3 Å². The maximum atomic E-state index is 12.5. The predicted molar refractivity (Wildman–Crippen MR) is 114 cm³/mol. The van der Waals surface area contributed by atoms with Crippen LogP contribution >= 0.6 is 11.8 Å². The highest BCUT2D eigenvalue weighted by molar-refractivity contribution is 7.99. The Morgan fingerprint density at radius 2 is 2.00 bits per heavy atom. The molecule has 0 aliphatic rings. The molecule has 3 rings (SSSR count). The molecule has 1 atom stereocenters. The van der Waals surface area contributed by atoms with Crippen LogP contribution in [0.2, 0.25) is 0 Å². The first-order chi connectivity index (χ1) is 13.8. The molecule has 0 aliphatic carbocycles. The van der Waals surface area contributed by atoms with Gasteiger partial charge in [0.05, 0.1) is 6.54 Å². The second-order valence-electron chi connectivity index (χ2n) is 7.43. The van der Waals surface area contributed by atoms with Crippen LogP contribution in [0.5, 0.6) is 5.75 Å². The van der Waals surface area contributed by atoms with Crippen molar-refractivity contribution in [2.45, 2.75) is 38.6 Å². The summed E-state index contributed by atoms with van der Waals surface area (Å²) in [5.41, 5.74) is 0.521. The lowest BCUT2D eigenvalue weighted by atomic mass is 10.2. The average molecular weight is 419 g/mol. The summed E-state index contributed by atoms with van der Waals surface area (Å²) in [7, 11) is 1.56. The number of nitrogens with one attached hydrogen (secondary N) is 1. The van der Waals surface area contributed by atoms with Crippen LogP contribution in [0.3, 0.4) is 0 Å². The fourth-order valence-corrected chi connectivity index (χ4v) is 3.86. The summed E-state index contributed by atoms with van der Waals surface area (Å²) >= 11 is 1.49. The summed E-state index contributed by atoms with van der Waals surface area (Å²) in [5, 5.41) is 11.2. The fraction of sp³-hybridized carbons (Fsp3) is 0.450. The molecule has 8 nitrogen and oxygen atoms in total. The molecule has 3 aromatic rings. The second-order valence-corrected chi connectivity index (χ2v) is 8.42. The van der Waals surface area contributed by atoms with E-state index in [9.17, 15) is 14.7 Å². The van der Waals surface area contributed by atoms with Crippen molar-refractivity contribution in [1.29, 1.82) is 0 Å². The molecule has 0 radical (unpaired) electrons. The van der Waals surface area contributed by atoms with E-state index in [2.05, 4.69) is 23.8 Å². The minimum Gasteiger partial charge on any atom is -0.491 e. The Hall–Kier alpha value is -2.52. The molecule has 0 saturated heterocycles. The molecule has 0 aliphatic heterocycles. The van der Waals surface area contributed by atoms with E-state index in [4.69, 9.17) is 4.74 Å². The van der Waals surface area contributed by atoms with Gasteiger partial charge in [0.25, 0.3) is 5.56 Å². The maximum Gasteiger partial charge on any atom is 0.329 e. The van der Waals surface area contributed by atoms with Gasteiger partial charge in [-0.2, -0.15) is 0 Å². The molecule has 0 spiro atoms. The highest BCUT2D eigenvalue weighted by Crippen LogP contribution is 2.24. The number of hydrogen-bond acceptors (Lipinski definition) is 6. The standard InChI is InChI=1S/C20H26N4O4S/c1-12(2)11-29-20-21-17-16(18(26)22-19(27)23(17)4)24(20)9-14(25)10-28-15-8-6-5-7-13(15)3/h5-8,12,14,25H,9-11H2,1-4H3,(H,22,26,27). The average Bonchev–Trinajstić information content (AvgIpc) is 3.03. The zero-order valence-corrected chi connectivity index (χ0v) is 17.8. The highest BCUT2D eigenvalue weighted by Gasteiger charge is 2.20. The molecule has 156 valence electrons. The van der Waals surface area contributed by atoms with Crippen LogP contribution in [0.4, 0.5) is 0 Å². The third-order valence-corrected chi connectivity index (χ3v) is 5.84. The van der Waals surface area contributed by atoms with E-state index in [0.717, 1.165) is 11.3 Å². The fourth-order valence-electron chi connectivity index (χ4n) is 2.90. The Kier molecular flexibility index (Phi) is 6.49. The van der Waals surface area contributed by atoms with Gasteiger partial charge in [0.1, 0.15) is 18.5 Å². The van der Waals surface area contributed by atoms with Crippen molar-refractivity contribution in [3.8, 4) is 5.75 Å². The van der Waals surface area contributed by atoms with Gasteiger partial charge in [-0.05, 0) is 24.5 Å². The summed E-state index contributed by atoms with van der Waals surface area (Å²) in [6.07, 6.45) is -0.859. The number of aromatic nitrogens is 4. The van der Waals surface area contributed by atoms with Gasteiger partial charge in [-0.15, -0.1) is 0 Å². The largest absolute Gasteiger partial charge is 0.491 e. The Morgan fingerprint density at radius 3 is 2.69 bits per heavy atom. The third kappa shape index (κ3) is 4.73. The molecular formula is C20H26N4O4S. The maximum absolute atomic E-state index is 12.5. The lowest BCUT2D eigenvalue weighted by Gasteiger charge is -2.16. The van der Waals surface area contributed by atoms with Gasteiger partial charge >= 0.3 is 5.69 Å². The monoisotopic (exact) mass is 418 g/mol. The van der Waals surface area contributed by atoms with Crippen molar-refractivity contribution in [2.24, 2.45) is 13.0 Å². The summed E-state index contributed by atoms with van der Waals surface area (Å²) in [6.45, 7) is 6.32. The number of aromatic amines is 1. The van der Waals surface area contributed by atoms with E-state index < -0.39 is 17.4 Å². The van der Waals surface area contributed by atoms with Crippen molar-refractivity contribution < 1.29 is 9.84 Å². The number of rotatable bonds is 8. The number of aryl methyl sites for hydroxylation is 2. The predicted octanol–water partition coefficient (Wildman–Crippen LogP) is 1.92. The Balaban J connectivity index is 1.90. The number of hydrogen-bond donors (Lipinski definition) is 2. The number of ether oxygens (including phenoxy) is 1. The number of nitrogens with zero attached hydrogens (tertiary/aromatic N) is 3. The molecule has 1 unspecified atom stereocenters.